The van der Waals surface area contributed by atoms with E-state index in [1.165, 1.54) is 17.5 Å². The van der Waals surface area contributed by atoms with E-state index < -0.39 is 0 Å². The Labute approximate surface area is 92.9 Å². The number of hydrogen-bond acceptors (Lipinski definition) is 2. The summed E-state index contributed by atoms with van der Waals surface area (Å²) >= 11 is 0. The SMILES string of the molecule is Cc1cccc(CCCN[C@H](C)CN)c1. The summed E-state index contributed by atoms with van der Waals surface area (Å²) in [5.74, 6) is 0. The van der Waals surface area contributed by atoms with Crippen LogP contribution in [0.4, 0.5) is 0 Å². The largest absolute Gasteiger partial charge is 0.329 e. The summed E-state index contributed by atoms with van der Waals surface area (Å²) in [6, 6.07) is 9.15. The van der Waals surface area contributed by atoms with Crippen LogP contribution in [0.15, 0.2) is 24.3 Å². The molecule has 84 valence electrons. The Morgan fingerprint density at radius 1 is 1.40 bits per heavy atom. The molecule has 2 nitrogen and oxygen atoms in total. The van der Waals surface area contributed by atoms with Crippen LogP contribution in [0.1, 0.15) is 24.5 Å². The van der Waals surface area contributed by atoms with Crippen LogP contribution in [0.2, 0.25) is 0 Å². The molecular weight excluding hydrogens is 184 g/mol. The van der Waals surface area contributed by atoms with Gasteiger partial charge in [-0.05, 0) is 38.8 Å². The van der Waals surface area contributed by atoms with Gasteiger partial charge >= 0.3 is 0 Å². The summed E-state index contributed by atoms with van der Waals surface area (Å²) in [5.41, 5.74) is 8.29. The molecule has 0 unspecified atom stereocenters. The molecule has 1 aromatic rings. The van der Waals surface area contributed by atoms with Crippen molar-refractivity contribution in [1.82, 2.24) is 5.32 Å². The van der Waals surface area contributed by atoms with E-state index in [-0.39, 0.29) is 0 Å². The Balaban J connectivity index is 2.20. The van der Waals surface area contributed by atoms with Crippen molar-refractivity contribution in [3.05, 3.63) is 35.4 Å². The lowest BCUT2D eigenvalue weighted by Crippen LogP contribution is -2.33. The van der Waals surface area contributed by atoms with Gasteiger partial charge in [-0.1, -0.05) is 29.8 Å². The molecule has 0 saturated carbocycles. The Morgan fingerprint density at radius 2 is 2.20 bits per heavy atom. The molecule has 0 aliphatic carbocycles. The van der Waals surface area contributed by atoms with Crippen molar-refractivity contribution in [2.75, 3.05) is 13.1 Å². The van der Waals surface area contributed by atoms with Crippen LogP contribution in [-0.2, 0) is 6.42 Å². The molecule has 0 aromatic heterocycles. The van der Waals surface area contributed by atoms with Crippen LogP contribution in [0, 0.1) is 6.92 Å². The number of benzene rings is 1. The Kier molecular flexibility index (Phi) is 5.37. The van der Waals surface area contributed by atoms with Crippen LogP contribution < -0.4 is 11.1 Å². The van der Waals surface area contributed by atoms with Gasteiger partial charge in [0.2, 0.25) is 0 Å². The predicted octanol–water partition coefficient (Wildman–Crippen LogP) is 1.86. The van der Waals surface area contributed by atoms with Gasteiger partial charge in [-0.25, -0.2) is 0 Å². The Bertz CT molecular complexity index is 284. The molecule has 0 amide bonds. The maximum Gasteiger partial charge on any atom is 0.0161 e. The molecule has 2 heteroatoms. The van der Waals surface area contributed by atoms with Gasteiger partial charge in [0, 0.05) is 12.6 Å². The van der Waals surface area contributed by atoms with Crippen molar-refractivity contribution in [1.29, 1.82) is 0 Å². The number of hydrogen-bond donors (Lipinski definition) is 2. The molecule has 0 heterocycles. The molecule has 3 N–H and O–H groups in total. The third-order valence-corrected chi connectivity index (χ3v) is 2.57. The molecule has 0 spiro atoms. The summed E-state index contributed by atoms with van der Waals surface area (Å²) in [4.78, 5) is 0. The van der Waals surface area contributed by atoms with Crippen LogP contribution >= 0.6 is 0 Å². The van der Waals surface area contributed by atoms with Gasteiger partial charge in [-0.2, -0.15) is 0 Å². The average molecular weight is 206 g/mol. The topological polar surface area (TPSA) is 38.0 Å². The maximum absolute atomic E-state index is 5.52. The second-order valence-corrected chi connectivity index (χ2v) is 4.18. The zero-order valence-electron chi connectivity index (χ0n) is 9.79. The summed E-state index contributed by atoms with van der Waals surface area (Å²) in [6.07, 6.45) is 2.32. The first-order chi connectivity index (χ1) is 7.22. The highest BCUT2D eigenvalue weighted by atomic mass is 14.9. The molecule has 0 bridgehead atoms. The van der Waals surface area contributed by atoms with Gasteiger partial charge in [-0.3, -0.25) is 0 Å². The van der Waals surface area contributed by atoms with Crippen molar-refractivity contribution in [3.63, 3.8) is 0 Å². The molecule has 0 aliphatic rings. The van der Waals surface area contributed by atoms with E-state index in [2.05, 4.69) is 43.4 Å². The molecule has 1 aromatic carbocycles. The minimum absolute atomic E-state index is 0.433. The molecule has 0 saturated heterocycles. The molecule has 0 radical (unpaired) electrons. The first-order valence-corrected chi connectivity index (χ1v) is 5.71. The summed E-state index contributed by atoms with van der Waals surface area (Å²) in [5, 5.41) is 3.39. The number of nitrogens with two attached hydrogens (primary N) is 1. The van der Waals surface area contributed by atoms with Crippen molar-refractivity contribution in [3.8, 4) is 0 Å². The minimum Gasteiger partial charge on any atom is -0.329 e. The Morgan fingerprint density at radius 3 is 2.87 bits per heavy atom. The third-order valence-electron chi connectivity index (χ3n) is 2.57. The average Bonchev–Trinajstić information content (AvgIpc) is 2.24. The van der Waals surface area contributed by atoms with E-state index in [1.807, 2.05) is 0 Å². The van der Waals surface area contributed by atoms with Crippen molar-refractivity contribution in [2.45, 2.75) is 32.7 Å². The second-order valence-electron chi connectivity index (χ2n) is 4.18. The lowest BCUT2D eigenvalue weighted by molar-refractivity contribution is 0.543. The second kappa shape index (κ2) is 6.59. The highest BCUT2D eigenvalue weighted by Crippen LogP contribution is 2.05. The van der Waals surface area contributed by atoms with Gasteiger partial charge < -0.3 is 11.1 Å². The predicted molar refractivity (Wildman–Crippen MR) is 66.0 cm³/mol. The van der Waals surface area contributed by atoms with E-state index in [0.717, 1.165) is 13.0 Å². The van der Waals surface area contributed by atoms with Gasteiger partial charge in [0.25, 0.3) is 0 Å². The van der Waals surface area contributed by atoms with E-state index in [9.17, 15) is 0 Å². The van der Waals surface area contributed by atoms with Crippen LogP contribution in [0.5, 0.6) is 0 Å². The van der Waals surface area contributed by atoms with E-state index in [0.29, 0.717) is 12.6 Å². The molecule has 1 atom stereocenters. The highest BCUT2D eigenvalue weighted by Gasteiger charge is 1.97. The van der Waals surface area contributed by atoms with Crippen LogP contribution in [0.3, 0.4) is 0 Å². The zero-order chi connectivity index (χ0) is 11.1. The molecule has 1 rings (SSSR count). The Hall–Kier alpha value is -0.860. The maximum atomic E-state index is 5.52. The van der Waals surface area contributed by atoms with Gasteiger partial charge in [-0.15, -0.1) is 0 Å². The van der Waals surface area contributed by atoms with Crippen LogP contribution in [0.25, 0.3) is 0 Å². The lowest BCUT2D eigenvalue weighted by Gasteiger charge is -2.10. The number of rotatable bonds is 6. The van der Waals surface area contributed by atoms with Gasteiger partial charge in [0.15, 0.2) is 0 Å². The van der Waals surface area contributed by atoms with Crippen LogP contribution in [-0.4, -0.2) is 19.1 Å². The molecule has 0 fully saturated rings. The normalized spacial score (nSPS) is 12.7. The molecule has 15 heavy (non-hydrogen) atoms. The van der Waals surface area contributed by atoms with Gasteiger partial charge in [0.05, 0.1) is 0 Å². The fraction of sp³-hybridized carbons (Fsp3) is 0.538. The van der Waals surface area contributed by atoms with E-state index >= 15 is 0 Å². The lowest BCUT2D eigenvalue weighted by atomic mass is 10.1. The van der Waals surface area contributed by atoms with E-state index in [4.69, 9.17) is 5.73 Å². The number of nitrogens with one attached hydrogen (secondary N) is 1. The van der Waals surface area contributed by atoms with E-state index in [1.54, 1.807) is 0 Å². The summed E-state index contributed by atoms with van der Waals surface area (Å²) in [7, 11) is 0. The molecule has 0 aliphatic heterocycles. The smallest absolute Gasteiger partial charge is 0.0161 e. The summed E-state index contributed by atoms with van der Waals surface area (Å²) in [6.45, 7) is 6.02. The third kappa shape index (κ3) is 4.96. The highest BCUT2D eigenvalue weighted by molar-refractivity contribution is 5.22. The van der Waals surface area contributed by atoms with Crippen molar-refractivity contribution < 1.29 is 0 Å². The quantitative estimate of drug-likeness (QED) is 0.697. The van der Waals surface area contributed by atoms with Crippen molar-refractivity contribution >= 4 is 0 Å². The van der Waals surface area contributed by atoms with Gasteiger partial charge in [0.1, 0.15) is 0 Å². The number of aryl methyl sites for hydroxylation is 2. The summed E-state index contributed by atoms with van der Waals surface area (Å²) < 4.78 is 0. The molecular formula is C13H22N2. The first kappa shape index (κ1) is 12.2. The first-order valence-electron chi connectivity index (χ1n) is 5.71. The fourth-order valence-corrected chi connectivity index (χ4v) is 1.59. The standard InChI is InChI=1S/C13H22N2/c1-11-5-3-6-13(9-11)7-4-8-15-12(2)10-14/h3,5-6,9,12,15H,4,7-8,10,14H2,1-2H3/t12-/m1/s1. The zero-order valence-corrected chi connectivity index (χ0v) is 9.79. The fourth-order valence-electron chi connectivity index (χ4n) is 1.59. The van der Waals surface area contributed by atoms with Crippen molar-refractivity contribution in [2.24, 2.45) is 5.73 Å². The minimum atomic E-state index is 0.433. The monoisotopic (exact) mass is 206 g/mol.